The summed E-state index contributed by atoms with van der Waals surface area (Å²) in [5.74, 6) is 0.0235. The minimum atomic E-state index is -3.98. The van der Waals surface area contributed by atoms with Gasteiger partial charge in [0.1, 0.15) is 4.90 Å². The highest BCUT2D eigenvalue weighted by Crippen LogP contribution is 2.40. The van der Waals surface area contributed by atoms with Crippen LogP contribution in [0.4, 0.5) is 11.5 Å². The first-order valence-corrected chi connectivity index (χ1v) is 12.1. The van der Waals surface area contributed by atoms with Crippen molar-refractivity contribution in [1.82, 2.24) is 9.78 Å². The van der Waals surface area contributed by atoms with Crippen molar-refractivity contribution in [3.63, 3.8) is 0 Å². The van der Waals surface area contributed by atoms with Crippen molar-refractivity contribution in [2.24, 2.45) is 10.2 Å². The first-order chi connectivity index (χ1) is 16.6. The summed E-state index contributed by atoms with van der Waals surface area (Å²) >= 11 is 0. The van der Waals surface area contributed by atoms with Crippen molar-refractivity contribution in [1.29, 1.82) is 0 Å². The molecule has 0 aliphatic heterocycles. The number of hydrogen-bond acceptors (Lipinski definition) is 5. The van der Waals surface area contributed by atoms with E-state index >= 15 is 0 Å². The number of para-hydroxylation sites is 1. The Kier molecular flexibility index (Phi) is 5.84. The number of aromatic nitrogens is 2. The molecule has 0 fully saturated rings. The number of nitrogens with zero attached hydrogens (tertiary/aromatic N) is 4. The predicted molar refractivity (Wildman–Crippen MR) is 132 cm³/mol. The van der Waals surface area contributed by atoms with Gasteiger partial charge < -0.3 is 0 Å². The van der Waals surface area contributed by atoms with Gasteiger partial charge in [0, 0.05) is 5.56 Å². The van der Waals surface area contributed by atoms with Crippen molar-refractivity contribution in [2.75, 3.05) is 0 Å². The molecular formula is C27H20N4O2S. The van der Waals surface area contributed by atoms with Crippen LogP contribution in [0.1, 0.15) is 0 Å². The summed E-state index contributed by atoms with van der Waals surface area (Å²) in [6, 6.07) is 36.2. The Hall–Kier alpha value is -4.36. The lowest BCUT2D eigenvalue weighted by molar-refractivity contribution is 0.596. The van der Waals surface area contributed by atoms with Crippen molar-refractivity contribution in [2.45, 2.75) is 9.79 Å². The molecule has 0 N–H and O–H groups in total. The fourth-order valence-electron chi connectivity index (χ4n) is 3.63. The molecule has 1 heterocycles. The van der Waals surface area contributed by atoms with Gasteiger partial charge >= 0.3 is 0 Å². The molecule has 0 radical (unpaired) electrons. The maximum Gasteiger partial charge on any atom is 0.215 e. The monoisotopic (exact) mass is 464 g/mol. The zero-order chi connectivity index (χ0) is 23.4. The van der Waals surface area contributed by atoms with Gasteiger partial charge in [0.15, 0.2) is 0 Å². The van der Waals surface area contributed by atoms with Crippen LogP contribution in [0.3, 0.4) is 0 Å². The zero-order valence-electron chi connectivity index (χ0n) is 18.1. The van der Waals surface area contributed by atoms with E-state index in [0.717, 1.165) is 0 Å². The first kappa shape index (κ1) is 21.5. The molecule has 1 aromatic heterocycles. The number of hydrogen-bond donors (Lipinski definition) is 0. The molecule has 0 atom stereocenters. The van der Waals surface area contributed by atoms with E-state index < -0.39 is 9.84 Å². The molecule has 5 aromatic rings. The summed E-state index contributed by atoms with van der Waals surface area (Å²) < 4.78 is 29.5. The summed E-state index contributed by atoms with van der Waals surface area (Å²) in [4.78, 5) is 0.171. The number of benzene rings is 4. The predicted octanol–water partition coefficient (Wildman–Crippen LogP) is 6.79. The smallest absolute Gasteiger partial charge is 0.215 e. The van der Waals surface area contributed by atoms with Gasteiger partial charge in [-0.15, -0.1) is 15.3 Å². The van der Waals surface area contributed by atoms with E-state index in [1.165, 1.54) is 0 Å². The largest absolute Gasteiger partial charge is 0.229 e. The van der Waals surface area contributed by atoms with Crippen LogP contribution in [-0.2, 0) is 9.84 Å². The molecule has 0 spiro atoms. The molecule has 5 rings (SSSR count). The fraction of sp³-hybridized carbons (Fsp3) is 0. The summed E-state index contributed by atoms with van der Waals surface area (Å²) in [6.45, 7) is 0. The van der Waals surface area contributed by atoms with Crippen LogP contribution in [0.2, 0.25) is 0 Å². The Morgan fingerprint density at radius 2 is 1.15 bits per heavy atom. The second-order valence-electron chi connectivity index (χ2n) is 7.47. The van der Waals surface area contributed by atoms with Gasteiger partial charge in [0.25, 0.3) is 0 Å². The van der Waals surface area contributed by atoms with Crippen LogP contribution in [0.5, 0.6) is 0 Å². The molecule has 166 valence electrons. The van der Waals surface area contributed by atoms with Crippen molar-refractivity contribution >= 4 is 21.3 Å². The van der Waals surface area contributed by atoms with E-state index in [9.17, 15) is 8.42 Å². The third-order valence-electron chi connectivity index (χ3n) is 5.21. The zero-order valence-corrected chi connectivity index (χ0v) is 18.9. The SMILES string of the molecule is O=S(=O)(c1ccccc1)c1c(N=Nc2ccccc2)nn(-c2ccccc2)c1-c1ccccc1. The highest BCUT2D eigenvalue weighted by molar-refractivity contribution is 7.91. The Morgan fingerprint density at radius 1 is 0.618 bits per heavy atom. The topological polar surface area (TPSA) is 76.7 Å². The molecule has 34 heavy (non-hydrogen) atoms. The van der Waals surface area contributed by atoms with Crippen LogP contribution in [0.15, 0.2) is 141 Å². The second kappa shape index (κ2) is 9.25. The van der Waals surface area contributed by atoms with E-state index in [0.29, 0.717) is 22.6 Å². The molecule has 7 heteroatoms. The van der Waals surface area contributed by atoms with Gasteiger partial charge in [0.05, 0.1) is 22.0 Å². The first-order valence-electron chi connectivity index (χ1n) is 10.7. The Labute approximate surface area is 197 Å². The lowest BCUT2D eigenvalue weighted by Crippen LogP contribution is -2.05. The van der Waals surface area contributed by atoms with Crippen molar-refractivity contribution in [3.05, 3.63) is 121 Å². The van der Waals surface area contributed by atoms with Crippen molar-refractivity contribution < 1.29 is 8.42 Å². The van der Waals surface area contributed by atoms with Gasteiger partial charge in [0.2, 0.25) is 15.7 Å². The number of azo groups is 1. The highest BCUT2D eigenvalue weighted by Gasteiger charge is 2.32. The van der Waals surface area contributed by atoms with Crippen LogP contribution in [0, 0.1) is 0 Å². The quantitative estimate of drug-likeness (QED) is 0.260. The minimum absolute atomic E-state index is 0.00781. The van der Waals surface area contributed by atoms with Gasteiger partial charge in [-0.2, -0.15) is 0 Å². The maximum atomic E-state index is 13.9. The summed E-state index contributed by atoms with van der Waals surface area (Å²) in [5.41, 5.74) is 2.44. The molecule has 0 aliphatic carbocycles. The summed E-state index contributed by atoms with van der Waals surface area (Å²) in [6.07, 6.45) is 0. The highest BCUT2D eigenvalue weighted by atomic mass is 32.2. The second-order valence-corrected chi connectivity index (χ2v) is 9.35. The average molecular weight is 465 g/mol. The Morgan fingerprint density at radius 3 is 1.76 bits per heavy atom. The van der Waals surface area contributed by atoms with Crippen molar-refractivity contribution in [3.8, 4) is 16.9 Å². The third-order valence-corrected chi connectivity index (χ3v) is 7.02. The normalized spacial score (nSPS) is 11.6. The fourth-order valence-corrected chi connectivity index (χ4v) is 5.16. The molecule has 0 amide bonds. The molecule has 0 bridgehead atoms. The molecular weight excluding hydrogens is 444 g/mol. The van der Waals surface area contributed by atoms with E-state index in [1.807, 2.05) is 78.9 Å². The average Bonchev–Trinajstić information content (AvgIpc) is 3.30. The van der Waals surface area contributed by atoms with Gasteiger partial charge in [-0.05, 0) is 36.4 Å². The number of rotatable bonds is 6. The van der Waals surface area contributed by atoms with E-state index in [4.69, 9.17) is 0 Å². The van der Waals surface area contributed by atoms with Crippen LogP contribution in [-0.4, -0.2) is 18.2 Å². The lowest BCUT2D eigenvalue weighted by atomic mass is 10.1. The van der Waals surface area contributed by atoms with Crippen LogP contribution >= 0.6 is 0 Å². The van der Waals surface area contributed by atoms with Crippen LogP contribution in [0.25, 0.3) is 16.9 Å². The van der Waals surface area contributed by atoms with E-state index in [-0.39, 0.29) is 15.6 Å². The summed E-state index contributed by atoms with van der Waals surface area (Å²) in [5, 5.41) is 13.2. The van der Waals surface area contributed by atoms with Gasteiger partial charge in [-0.3, -0.25) is 0 Å². The van der Waals surface area contributed by atoms with Crippen LogP contribution < -0.4 is 0 Å². The molecule has 0 unspecified atom stereocenters. The Bertz CT molecular complexity index is 1530. The molecule has 0 saturated heterocycles. The summed E-state index contributed by atoms with van der Waals surface area (Å²) in [7, 11) is -3.98. The molecule has 6 nitrogen and oxygen atoms in total. The minimum Gasteiger partial charge on any atom is -0.229 e. The standard InChI is InChI=1S/C27H20N4O2S/c32-34(33,24-19-11-4-12-20-24)26-25(21-13-5-1-6-14-21)31(23-17-9-3-10-18-23)30-27(26)29-28-22-15-7-2-8-16-22/h1-20H. The molecule has 0 saturated carbocycles. The number of sulfone groups is 1. The Balaban J connectivity index is 1.83. The van der Waals surface area contributed by atoms with E-state index in [1.54, 1.807) is 47.1 Å². The lowest BCUT2D eigenvalue weighted by Gasteiger charge is -2.10. The third kappa shape index (κ3) is 4.16. The molecule has 0 aliphatic rings. The maximum absolute atomic E-state index is 13.9. The van der Waals surface area contributed by atoms with Gasteiger partial charge in [-0.25, -0.2) is 13.1 Å². The molecule has 4 aromatic carbocycles. The van der Waals surface area contributed by atoms with Gasteiger partial charge in [-0.1, -0.05) is 84.9 Å². The van der Waals surface area contributed by atoms with E-state index in [2.05, 4.69) is 15.3 Å².